The fourth-order valence-electron chi connectivity index (χ4n) is 3.00. The van der Waals surface area contributed by atoms with Crippen molar-refractivity contribution >= 4 is 17.2 Å². The largest absolute Gasteiger partial charge is 0.339 e. The van der Waals surface area contributed by atoms with Crippen LogP contribution in [0, 0.1) is 0 Å². The molecule has 1 saturated heterocycles. The van der Waals surface area contributed by atoms with Crippen LogP contribution in [0.3, 0.4) is 0 Å². The highest BCUT2D eigenvalue weighted by atomic mass is 32.1. The van der Waals surface area contributed by atoms with E-state index in [9.17, 15) is 4.79 Å². The number of aromatic nitrogens is 1. The number of nitrogens with zero attached hydrogens (tertiary/aromatic N) is 2. The number of piperidine rings is 1. The van der Waals surface area contributed by atoms with E-state index in [0.29, 0.717) is 5.92 Å². The van der Waals surface area contributed by atoms with Crippen molar-refractivity contribution in [3.63, 3.8) is 0 Å². The van der Waals surface area contributed by atoms with Gasteiger partial charge in [-0.15, -0.1) is 11.3 Å². The van der Waals surface area contributed by atoms with Gasteiger partial charge in [0, 0.05) is 35.5 Å². The van der Waals surface area contributed by atoms with E-state index in [1.165, 1.54) is 24.3 Å². The van der Waals surface area contributed by atoms with Crippen molar-refractivity contribution in [2.24, 2.45) is 0 Å². The number of hydrogen-bond donors (Lipinski definition) is 0. The maximum absolute atomic E-state index is 12.5. The predicted octanol–water partition coefficient (Wildman–Crippen LogP) is 4.31. The number of rotatable bonds is 3. The lowest BCUT2D eigenvalue weighted by atomic mass is 10.1. The minimum absolute atomic E-state index is 0.170. The molecule has 2 fully saturated rings. The van der Waals surface area contributed by atoms with E-state index in [2.05, 4.69) is 5.38 Å². The molecule has 1 aliphatic heterocycles. The Morgan fingerprint density at radius 1 is 1.09 bits per heavy atom. The smallest absolute Gasteiger partial charge is 0.253 e. The van der Waals surface area contributed by atoms with E-state index in [4.69, 9.17) is 4.98 Å². The number of amides is 1. The standard InChI is InChI=1S/C18H20N2OS/c21-18(20-10-2-1-3-11-20)15-8-4-13(5-9-15)16-12-22-17(19-16)14-6-7-14/h4-5,8-9,12,14H,1-3,6-7,10-11H2. The van der Waals surface area contributed by atoms with Gasteiger partial charge in [-0.05, 0) is 44.2 Å². The van der Waals surface area contributed by atoms with Crippen LogP contribution < -0.4 is 0 Å². The molecule has 1 aromatic heterocycles. The molecule has 1 aliphatic carbocycles. The third-order valence-corrected chi connectivity index (χ3v) is 5.53. The van der Waals surface area contributed by atoms with E-state index in [0.717, 1.165) is 42.8 Å². The van der Waals surface area contributed by atoms with Crippen molar-refractivity contribution in [2.45, 2.75) is 38.0 Å². The zero-order chi connectivity index (χ0) is 14.9. The minimum Gasteiger partial charge on any atom is -0.339 e. The third-order valence-electron chi connectivity index (χ3n) is 4.52. The molecule has 0 spiro atoms. The summed E-state index contributed by atoms with van der Waals surface area (Å²) < 4.78 is 0. The van der Waals surface area contributed by atoms with Gasteiger partial charge in [-0.2, -0.15) is 0 Å². The first-order chi connectivity index (χ1) is 10.8. The molecular formula is C18H20N2OS. The van der Waals surface area contributed by atoms with E-state index in [1.807, 2.05) is 29.2 Å². The number of thiazole rings is 1. The van der Waals surface area contributed by atoms with Crippen LogP contribution >= 0.6 is 11.3 Å². The van der Waals surface area contributed by atoms with Gasteiger partial charge in [0.05, 0.1) is 10.7 Å². The Labute approximate surface area is 135 Å². The van der Waals surface area contributed by atoms with Gasteiger partial charge in [-0.3, -0.25) is 4.79 Å². The first-order valence-corrected chi connectivity index (χ1v) is 9.04. The number of carbonyl (C=O) groups excluding carboxylic acids is 1. The molecule has 1 amide bonds. The van der Waals surface area contributed by atoms with E-state index >= 15 is 0 Å². The van der Waals surface area contributed by atoms with Crippen molar-refractivity contribution in [3.05, 3.63) is 40.2 Å². The highest BCUT2D eigenvalue weighted by Crippen LogP contribution is 2.42. The fourth-order valence-corrected chi connectivity index (χ4v) is 4.00. The molecule has 4 rings (SSSR count). The Hall–Kier alpha value is -1.68. The van der Waals surface area contributed by atoms with Crippen LogP contribution in [-0.2, 0) is 0 Å². The van der Waals surface area contributed by atoms with Crippen LogP contribution in [0.25, 0.3) is 11.3 Å². The normalized spacial score (nSPS) is 18.5. The number of likely N-dealkylation sites (tertiary alicyclic amines) is 1. The molecule has 22 heavy (non-hydrogen) atoms. The van der Waals surface area contributed by atoms with Crippen LogP contribution in [0.5, 0.6) is 0 Å². The number of carbonyl (C=O) groups is 1. The van der Waals surface area contributed by atoms with Gasteiger partial charge in [0.25, 0.3) is 5.91 Å². The van der Waals surface area contributed by atoms with Gasteiger partial charge in [-0.1, -0.05) is 12.1 Å². The molecule has 4 heteroatoms. The molecule has 0 radical (unpaired) electrons. The van der Waals surface area contributed by atoms with Gasteiger partial charge in [0.15, 0.2) is 0 Å². The highest BCUT2D eigenvalue weighted by molar-refractivity contribution is 7.10. The molecule has 1 saturated carbocycles. The van der Waals surface area contributed by atoms with Crippen LogP contribution in [0.15, 0.2) is 29.6 Å². The maximum Gasteiger partial charge on any atom is 0.253 e. The Morgan fingerprint density at radius 3 is 2.50 bits per heavy atom. The van der Waals surface area contributed by atoms with Crippen molar-refractivity contribution < 1.29 is 4.79 Å². The lowest BCUT2D eigenvalue weighted by Crippen LogP contribution is -2.35. The molecular weight excluding hydrogens is 292 g/mol. The Kier molecular flexibility index (Phi) is 3.70. The van der Waals surface area contributed by atoms with E-state index in [-0.39, 0.29) is 5.91 Å². The second-order valence-electron chi connectivity index (χ2n) is 6.28. The van der Waals surface area contributed by atoms with Crippen molar-refractivity contribution in [2.75, 3.05) is 13.1 Å². The van der Waals surface area contributed by atoms with Crippen molar-refractivity contribution in [3.8, 4) is 11.3 Å². The Balaban J connectivity index is 1.50. The molecule has 0 atom stereocenters. The van der Waals surface area contributed by atoms with Crippen LogP contribution in [0.1, 0.15) is 53.4 Å². The third kappa shape index (κ3) is 2.80. The molecule has 3 nitrogen and oxygen atoms in total. The summed E-state index contributed by atoms with van der Waals surface area (Å²) in [7, 11) is 0. The monoisotopic (exact) mass is 312 g/mol. The Morgan fingerprint density at radius 2 is 1.82 bits per heavy atom. The molecule has 2 aliphatic rings. The van der Waals surface area contributed by atoms with E-state index in [1.54, 1.807) is 11.3 Å². The van der Waals surface area contributed by atoms with Crippen LogP contribution in [0.4, 0.5) is 0 Å². The summed E-state index contributed by atoms with van der Waals surface area (Å²) in [6, 6.07) is 7.96. The molecule has 0 bridgehead atoms. The average Bonchev–Trinajstić information content (AvgIpc) is 3.32. The SMILES string of the molecule is O=C(c1ccc(-c2csc(C3CC3)n2)cc1)N1CCCCC1. The minimum atomic E-state index is 0.170. The molecule has 1 aromatic carbocycles. The molecule has 2 heterocycles. The van der Waals surface area contributed by atoms with Gasteiger partial charge >= 0.3 is 0 Å². The van der Waals surface area contributed by atoms with Crippen molar-refractivity contribution in [1.29, 1.82) is 0 Å². The highest BCUT2D eigenvalue weighted by Gasteiger charge is 2.26. The van der Waals surface area contributed by atoms with Crippen LogP contribution in [-0.4, -0.2) is 28.9 Å². The first-order valence-electron chi connectivity index (χ1n) is 8.16. The summed E-state index contributed by atoms with van der Waals surface area (Å²) in [5, 5.41) is 3.40. The molecule has 2 aromatic rings. The number of benzene rings is 1. The summed E-state index contributed by atoms with van der Waals surface area (Å²) in [4.78, 5) is 19.2. The molecule has 114 valence electrons. The fraction of sp³-hybridized carbons (Fsp3) is 0.444. The zero-order valence-corrected chi connectivity index (χ0v) is 13.4. The number of hydrogen-bond acceptors (Lipinski definition) is 3. The van der Waals surface area contributed by atoms with Crippen LogP contribution in [0.2, 0.25) is 0 Å². The first kappa shape index (κ1) is 13.9. The topological polar surface area (TPSA) is 33.2 Å². The summed E-state index contributed by atoms with van der Waals surface area (Å²) in [5.74, 6) is 0.877. The van der Waals surface area contributed by atoms with Gasteiger partial charge < -0.3 is 4.90 Å². The lowest BCUT2D eigenvalue weighted by molar-refractivity contribution is 0.0724. The summed E-state index contributed by atoms with van der Waals surface area (Å²) in [5.41, 5.74) is 2.95. The summed E-state index contributed by atoms with van der Waals surface area (Å²) >= 11 is 1.76. The van der Waals surface area contributed by atoms with Gasteiger partial charge in [-0.25, -0.2) is 4.98 Å². The zero-order valence-electron chi connectivity index (χ0n) is 12.6. The Bertz CT molecular complexity index is 667. The molecule has 0 N–H and O–H groups in total. The predicted molar refractivity (Wildman–Crippen MR) is 89.3 cm³/mol. The average molecular weight is 312 g/mol. The van der Waals surface area contributed by atoms with E-state index < -0.39 is 0 Å². The second-order valence-corrected chi connectivity index (χ2v) is 7.17. The summed E-state index contributed by atoms with van der Waals surface area (Å²) in [6.07, 6.45) is 6.08. The second kappa shape index (κ2) is 5.84. The quantitative estimate of drug-likeness (QED) is 0.846. The van der Waals surface area contributed by atoms with Crippen molar-refractivity contribution in [1.82, 2.24) is 9.88 Å². The molecule has 0 unspecified atom stereocenters. The van der Waals surface area contributed by atoms with Gasteiger partial charge in [0.1, 0.15) is 0 Å². The summed E-state index contributed by atoms with van der Waals surface area (Å²) in [6.45, 7) is 1.80. The maximum atomic E-state index is 12.5. The van der Waals surface area contributed by atoms with Gasteiger partial charge in [0.2, 0.25) is 0 Å². The lowest BCUT2D eigenvalue weighted by Gasteiger charge is -2.26.